The summed E-state index contributed by atoms with van der Waals surface area (Å²) >= 11 is 0. The summed E-state index contributed by atoms with van der Waals surface area (Å²) in [4.78, 5) is 21.1. The molecule has 4 nitrogen and oxygen atoms in total. The van der Waals surface area contributed by atoms with Crippen molar-refractivity contribution in [3.8, 4) is 11.1 Å². The third-order valence-electron chi connectivity index (χ3n) is 4.64. The van der Waals surface area contributed by atoms with Crippen LogP contribution in [0.3, 0.4) is 0 Å². The van der Waals surface area contributed by atoms with Crippen LogP contribution in [0.15, 0.2) is 67.1 Å². The minimum Gasteiger partial charge on any atom is -0.345 e. The van der Waals surface area contributed by atoms with Crippen molar-refractivity contribution in [3.63, 3.8) is 0 Å². The highest BCUT2D eigenvalue weighted by molar-refractivity contribution is 5.95. The maximum atomic E-state index is 12.6. The normalized spacial score (nSPS) is 15.3. The van der Waals surface area contributed by atoms with Gasteiger partial charge in [0.15, 0.2) is 0 Å². The standard InChI is InChI=1S/C22H19N3O/c1-15-13-18(5-7-20(15)16-8-11-23-12-9-16)22(26)25-19-6-4-17-3-2-10-24-21(17)14-19/h2-13,19H,14H2,1H3,(H,25,26). The van der Waals surface area contributed by atoms with E-state index in [4.69, 9.17) is 0 Å². The van der Waals surface area contributed by atoms with E-state index in [1.807, 2.05) is 61.5 Å². The number of pyridine rings is 2. The highest BCUT2D eigenvalue weighted by Crippen LogP contribution is 2.24. The summed E-state index contributed by atoms with van der Waals surface area (Å²) in [5.41, 5.74) is 6.08. The molecular formula is C22H19N3O. The van der Waals surface area contributed by atoms with E-state index in [9.17, 15) is 4.79 Å². The van der Waals surface area contributed by atoms with Crippen LogP contribution >= 0.6 is 0 Å². The van der Waals surface area contributed by atoms with Crippen molar-refractivity contribution in [2.75, 3.05) is 0 Å². The second kappa shape index (κ2) is 6.92. The van der Waals surface area contributed by atoms with Crippen molar-refractivity contribution in [3.05, 3.63) is 89.5 Å². The van der Waals surface area contributed by atoms with E-state index in [1.54, 1.807) is 18.6 Å². The van der Waals surface area contributed by atoms with Crippen molar-refractivity contribution in [2.45, 2.75) is 19.4 Å². The van der Waals surface area contributed by atoms with Gasteiger partial charge in [0.05, 0.1) is 6.04 Å². The van der Waals surface area contributed by atoms with Gasteiger partial charge in [-0.3, -0.25) is 14.8 Å². The lowest BCUT2D eigenvalue weighted by Crippen LogP contribution is -2.36. The predicted octanol–water partition coefficient (Wildman–Crippen LogP) is 3.82. The van der Waals surface area contributed by atoms with Gasteiger partial charge in [0.1, 0.15) is 0 Å². The van der Waals surface area contributed by atoms with Gasteiger partial charge in [0, 0.05) is 36.3 Å². The average molecular weight is 341 g/mol. The molecule has 2 heterocycles. The van der Waals surface area contributed by atoms with Crippen LogP contribution in [-0.4, -0.2) is 21.9 Å². The molecule has 1 atom stereocenters. The highest BCUT2D eigenvalue weighted by Gasteiger charge is 2.17. The van der Waals surface area contributed by atoms with Crippen LogP contribution in [0.25, 0.3) is 17.2 Å². The number of hydrogen-bond donors (Lipinski definition) is 1. The Hall–Kier alpha value is -3.27. The largest absolute Gasteiger partial charge is 0.345 e. The molecule has 0 spiro atoms. The van der Waals surface area contributed by atoms with E-state index < -0.39 is 0 Å². The summed E-state index contributed by atoms with van der Waals surface area (Å²) in [6.45, 7) is 2.02. The maximum absolute atomic E-state index is 12.6. The number of carbonyl (C=O) groups excluding carboxylic acids is 1. The number of nitrogens with zero attached hydrogens (tertiary/aromatic N) is 2. The Morgan fingerprint density at radius 2 is 1.96 bits per heavy atom. The van der Waals surface area contributed by atoms with Crippen LogP contribution in [-0.2, 0) is 6.42 Å². The fourth-order valence-corrected chi connectivity index (χ4v) is 3.28. The van der Waals surface area contributed by atoms with Crippen LogP contribution in [0.5, 0.6) is 0 Å². The Labute approximate surface area is 152 Å². The smallest absolute Gasteiger partial charge is 0.251 e. The lowest BCUT2D eigenvalue weighted by Gasteiger charge is -2.20. The summed E-state index contributed by atoms with van der Waals surface area (Å²) in [5, 5.41) is 3.09. The van der Waals surface area contributed by atoms with Crippen LogP contribution in [0, 0.1) is 6.92 Å². The first-order chi connectivity index (χ1) is 12.7. The Kier molecular flexibility index (Phi) is 4.32. The van der Waals surface area contributed by atoms with E-state index in [1.165, 1.54) is 0 Å². The van der Waals surface area contributed by atoms with E-state index >= 15 is 0 Å². The number of rotatable bonds is 3. The lowest BCUT2D eigenvalue weighted by molar-refractivity contribution is 0.0944. The Bertz CT molecular complexity index is 980. The molecule has 2 aromatic heterocycles. The van der Waals surface area contributed by atoms with Gasteiger partial charge in [0.25, 0.3) is 5.91 Å². The zero-order valence-corrected chi connectivity index (χ0v) is 14.5. The van der Waals surface area contributed by atoms with Gasteiger partial charge in [0.2, 0.25) is 0 Å². The molecule has 3 aromatic rings. The molecule has 0 bridgehead atoms. The van der Waals surface area contributed by atoms with Crippen molar-refractivity contribution >= 4 is 12.0 Å². The molecule has 1 N–H and O–H groups in total. The molecule has 4 rings (SSSR count). The van der Waals surface area contributed by atoms with E-state index in [2.05, 4.69) is 15.3 Å². The van der Waals surface area contributed by atoms with Gasteiger partial charge < -0.3 is 5.32 Å². The predicted molar refractivity (Wildman–Crippen MR) is 103 cm³/mol. The van der Waals surface area contributed by atoms with Crippen molar-refractivity contribution in [2.24, 2.45) is 0 Å². The van der Waals surface area contributed by atoms with Gasteiger partial charge in [-0.05, 0) is 59.5 Å². The summed E-state index contributed by atoms with van der Waals surface area (Å²) < 4.78 is 0. The second-order valence-corrected chi connectivity index (χ2v) is 6.45. The second-order valence-electron chi connectivity index (χ2n) is 6.45. The van der Waals surface area contributed by atoms with Gasteiger partial charge in [-0.15, -0.1) is 0 Å². The van der Waals surface area contributed by atoms with Crippen molar-refractivity contribution in [1.29, 1.82) is 0 Å². The van der Waals surface area contributed by atoms with Crippen LogP contribution in [0.4, 0.5) is 0 Å². The first-order valence-electron chi connectivity index (χ1n) is 8.65. The van der Waals surface area contributed by atoms with Crippen LogP contribution in [0.2, 0.25) is 0 Å². The van der Waals surface area contributed by atoms with Gasteiger partial charge >= 0.3 is 0 Å². The zero-order chi connectivity index (χ0) is 17.9. The number of benzene rings is 1. The monoisotopic (exact) mass is 341 g/mol. The van der Waals surface area contributed by atoms with Crippen LogP contribution in [0.1, 0.15) is 27.2 Å². The molecule has 1 aromatic carbocycles. The third kappa shape index (κ3) is 3.26. The fourth-order valence-electron chi connectivity index (χ4n) is 3.28. The molecule has 4 heteroatoms. The SMILES string of the molecule is Cc1cc(C(=O)NC2C=Cc3cccnc3C2)ccc1-c1ccncc1. The summed E-state index contributed by atoms with van der Waals surface area (Å²) in [6, 6.07) is 13.7. The average Bonchev–Trinajstić information content (AvgIpc) is 2.68. The summed E-state index contributed by atoms with van der Waals surface area (Å²) in [5.74, 6) is -0.0663. The third-order valence-corrected chi connectivity index (χ3v) is 4.64. The lowest BCUT2D eigenvalue weighted by atomic mass is 9.97. The number of aryl methyl sites for hydroxylation is 1. The molecule has 0 radical (unpaired) electrons. The first-order valence-corrected chi connectivity index (χ1v) is 8.65. The highest BCUT2D eigenvalue weighted by atomic mass is 16.1. The van der Waals surface area contributed by atoms with E-state index in [0.29, 0.717) is 12.0 Å². The van der Waals surface area contributed by atoms with Crippen LogP contribution < -0.4 is 5.32 Å². The minimum atomic E-state index is -0.0663. The Morgan fingerprint density at radius 1 is 1.12 bits per heavy atom. The zero-order valence-electron chi connectivity index (χ0n) is 14.5. The molecule has 128 valence electrons. The van der Waals surface area contributed by atoms with E-state index in [0.717, 1.165) is 27.9 Å². The van der Waals surface area contributed by atoms with Gasteiger partial charge in [-0.1, -0.05) is 24.3 Å². The summed E-state index contributed by atoms with van der Waals surface area (Å²) in [7, 11) is 0. The Morgan fingerprint density at radius 3 is 2.77 bits per heavy atom. The molecule has 0 saturated carbocycles. The minimum absolute atomic E-state index is 0.0370. The number of nitrogens with one attached hydrogen (secondary N) is 1. The number of amides is 1. The molecule has 1 unspecified atom stereocenters. The number of carbonyl (C=O) groups is 1. The molecule has 1 amide bonds. The Balaban J connectivity index is 1.50. The number of fused-ring (bicyclic) bond motifs is 1. The fraction of sp³-hybridized carbons (Fsp3) is 0.136. The molecule has 26 heavy (non-hydrogen) atoms. The van der Waals surface area contributed by atoms with Crippen molar-refractivity contribution < 1.29 is 4.79 Å². The molecule has 0 fully saturated rings. The summed E-state index contributed by atoms with van der Waals surface area (Å²) in [6.07, 6.45) is 10.1. The topological polar surface area (TPSA) is 54.9 Å². The molecule has 0 saturated heterocycles. The molecule has 1 aliphatic rings. The van der Waals surface area contributed by atoms with Gasteiger partial charge in [-0.2, -0.15) is 0 Å². The number of hydrogen-bond acceptors (Lipinski definition) is 3. The number of aromatic nitrogens is 2. The van der Waals surface area contributed by atoms with Gasteiger partial charge in [-0.25, -0.2) is 0 Å². The van der Waals surface area contributed by atoms with E-state index in [-0.39, 0.29) is 11.9 Å². The van der Waals surface area contributed by atoms with Crippen molar-refractivity contribution in [1.82, 2.24) is 15.3 Å². The maximum Gasteiger partial charge on any atom is 0.251 e. The molecule has 1 aliphatic carbocycles. The molecular weight excluding hydrogens is 322 g/mol. The first kappa shape index (κ1) is 16.2. The molecule has 0 aliphatic heterocycles. The quantitative estimate of drug-likeness (QED) is 0.788.